The molecule has 0 saturated carbocycles. The van der Waals surface area contributed by atoms with E-state index < -0.39 is 0 Å². The zero-order chi connectivity index (χ0) is 12.5. The van der Waals surface area contributed by atoms with Crippen LogP contribution in [0.2, 0.25) is 0 Å². The lowest BCUT2D eigenvalue weighted by Crippen LogP contribution is -2.14. The van der Waals surface area contributed by atoms with Crippen LogP contribution in [0.5, 0.6) is 0 Å². The Morgan fingerprint density at radius 2 is 2.00 bits per heavy atom. The largest absolute Gasteiger partial charge is 0.313 e. The average molecular weight is 230 g/mol. The van der Waals surface area contributed by atoms with Crippen LogP contribution in [0, 0.1) is 11.3 Å². The number of unbranched alkanes of at least 4 members (excludes halogenated alkanes) is 1. The minimum Gasteiger partial charge on any atom is -0.313 e. The van der Waals surface area contributed by atoms with Gasteiger partial charge >= 0.3 is 0 Å². The van der Waals surface area contributed by atoms with E-state index in [4.69, 9.17) is 5.26 Å². The van der Waals surface area contributed by atoms with Gasteiger partial charge in [0.2, 0.25) is 0 Å². The Kier molecular flexibility index (Phi) is 6.35. The Hall–Kier alpha value is -1.33. The summed E-state index contributed by atoms with van der Waals surface area (Å²) < 4.78 is 0. The van der Waals surface area contributed by atoms with E-state index in [9.17, 15) is 0 Å². The molecule has 1 unspecified atom stereocenters. The van der Waals surface area contributed by atoms with Gasteiger partial charge in [-0.05, 0) is 36.4 Å². The van der Waals surface area contributed by atoms with Crippen LogP contribution in [-0.2, 0) is 6.54 Å². The second-order valence-electron chi connectivity index (χ2n) is 4.49. The Balaban J connectivity index is 2.33. The monoisotopic (exact) mass is 230 g/mol. The minimum atomic E-state index is 0.639. The number of nitriles is 1. The highest BCUT2D eigenvalue weighted by Gasteiger charge is 2.01. The van der Waals surface area contributed by atoms with E-state index in [2.05, 4.69) is 49.5 Å². The first-order chi connectivity index (χ1) is 8.27. The second kappa shape index (κ2) is 7.86. The molecule has 0 aliphatic carbocycles. The first-order valence-electron chi connectivity index (χ1n) is 6.44. The molecule has 2 nitrogen and oxygen atoms in total. The van der Waals surface area contributed by atoms with E-state index in [0.29, 0.717) is 12.3 Å². The molecule has 1 N–H and O–H groups in total. The molecule has 0 fully saturated rings. The normalized spacial score (nSPS) is 12.1. The second-order valence-corrected chi connectivity index (χ2v) is 4.49. The van der Waals surface area contributed by atoms with Gasteiger partial charge in [-0.25, -0.2) is 0 Å². The molecule has 17 heavy (non-hydrogen) atoms. The molecule has 0 aliphatic heterocycles. The summed E-state index contributed by atoms with van der Waals surface area (Å²) in [6.07, 6.45) is 2.76. The maximum Gasteiger partial charge on any atom is 0.0622 e. The van der Waals surface area contributed by atoms with E-state index in [1.165, 1.54) is 17.5 Å². The van der Waals surface area contributed by atoms with Crippen molar-refractivity contribution in [1.29, 1.82) is 5.26 Å². The van der Waals surface area contributed by atoms with Crippen molar-refractivity contribution in [1.82, 2.24) is 5.32 Å². The van der Waals surface area contributed by atoms with Crippen molar-refractivity contribution in [3.63, 3.8) is 0 Å². The summed E-state index contributed by atoms with van der Waals surface area (Å²) in [5, 5.41) is 11.8. The van der Waals surface area contributed by atoms with Crippen molar-refractivity contribution in [2.75, 3.05) is 6.54 Å². The van der Waals surface area contributed by atoms with Gasteiger partial charge in [-0.1, -0.05) is 38.1 Å². The summed E-state index contributed by atoms with van der Waals surface area (Å²) in [6.45, 7) is 6.29. The molecule has 0 heterocycles. The number of hydrogen-bond donors (Lipinski definition) is 1. The Morgan fingerprint density at radius 3 is 2.59 bits per heavy atom. The number of nitrogens with one attached hydrogen (secondary N) is 1. The van der Waals surface area contributed by atoms with Crippen LogP contribution in [0.3, 0.4) is 0 Å². The van der Waals surface area contributed by atoms with Gasteiger partial charge in [0.15, 0.2) is 0 Å². The van der Waals surface area contributed by atoms with E-state index in [1.807, 2.05) is 0 Å². The lowest BCUT2D eigenvalue weighted by atomic mass is 9.98. The Labute approximate surface area is 105 Å². The molecule has 1 atom stereocenters. The maximum atomic E-state index is 8.41. The summed E-state index contributed by atoms with van der Waals surface area (Å²) in [6, 6.07) is 11.0. The van der Waals surface area contributed by atoms with Gasteiger partial charge in [-0.2, -0.15) is 5.26 Å². The highest BCUT2D eigenvalue weighted by molar-refractivity contribution is 5.24. The molecular weight excluding hydrogens is 208 g/mol. The summed E-state index contributed by atoms with van der Waals surface area (Å²) in [5.74, 6) is 0.646. The zero-order valence-electron chi connectivity index (χ0n) is 10.9. The molecule has 0 aliphatic rings. The van der Waals surface area contributed by atoms with Crippen LogP contribution in [0.1, 0.15) is 50.2 Å². The lowest BCUT2D eigenvalue weighted by molar-refractivity contribution is 0.657. The summed E-state index contributed by atoms with van der Waals surface area (Å²) in [5.41, 5.74) is 2.73. The first-order valence-corrected chi connectivity index (χ1v) is 6.44. The number of benzene rings is 1. The predicted octanol–water partition coefficient (Wildman–Crippen LogP) is 3.59. The van der Waals surface area contributed by atoms with Gasteiger partial charge in [0.25, 0.3) is 0 Å². The van der Waals surface area contributed by atoms with Gasteiger partial charge < -0.3 is 5.32 Å². The predicted molar refractivity (Wildman–Crippen MR) is 71.7 cm³/mol. The number of rotatable bonds is 7. The number of hydrogen-bond acceptors (Lipinski definition) is 2. The molecule has 2 heteroatoms. The zero-order valence-corrected chi connectivity index (χ0v) is 10.9. The average Bonchev–Trinajstić information content (AvgIpc) is 2.38. The third-order valence-corrected chi connectivity index (χ3v) is 3.13. The molecule has 0 spiro atoms. The smallest absolute Gasteiger partial charge is 0.0622 e. The maximum absolute atomic E-state index is 8.41. The summed E-state index contributed by atoms with van der Waals surface area (Å²) in [4.78, 5) is 0. The van der Waals surface area contributed by atoms with E-state index >= 15 is 0 Å². The highest BCUT2D eigenvalue weighted by atomic mass is 14.8. The molecule has 1 aromatic rings. The van der Waals surface area contributed by atoms with Crippen LogP contribution < -0.4 is 5.32 Å². The first kappa shape index (κ1) is 13.7. The minimum absolute atomic E-state index is 0.639. The lowest BCUT2D eigenvalue weighted by Gasteiger charge is -2.10. The standard InChI is InChI=1S/C15H22N2/c1-3-13(2)15-8-6-14(7-9-15)12-17-11-5-4-10-16/h6-9,13,17H,3-5,11-12H2,1-2H3. The number of nitrogens with zero attached hydrogens (tertiary/aromatic N) is 1. The fourth-order valence-corrected chi connectivity index (χ4v) is 1.72. The molecule has 0 saturated heterocycles. The van der Waals surface area contributed by atoms with Crippen LogP contribution in [0.15, 0.2) is 24.3 Å². The van der Waals surface area contributed by atoms with Crippen LogP contribution in [0.4, 0.5) is 0 Å². The van der Waals surface area contributed by atoms with Gasteiger partial charge in [0, 0.05) is 13.0 Å². The fourth-order valence-electron chi connectivity index (χ4n) is 1.72. The van der Waals surface area contributed by atoms with Crippen molar-refractivity contribution >= 4 is 0 Å². The summed E-state index contributed by atoms with van der Waals surface area (Å²) in [7, 11) is 0. The van der Waals surface area contributed by atoms with Crippen molar-refractivity contribution in [2.45, 2.75) is 45.6 Å². The quantitative estimate of drug-likeness (QED) is 0.726. The molecule has 0 bridgehead atoms. The highest BCUT2D eigenvalue weighted by Crippen LogP contribution is 2.18. The van der Waals surface area contributed by atoms with Crippen LogP contribution in [0.25, 0.3) is 0 Å². The van der Waals surface area contributed by atoms with Crippen molar-refractivity contribution in [3.8, 4) is 6.07 Å². The van der Waals surface area contributed by atoms with E-state index in [-0.39, 0.29) is 0 Å². The molecule has 1 aromatic carbocycles. The van der Waals surface area contributed by atoms with Gasteiger partial charge in [-0.3, -0.25) is 0 Å². The van der Waals surface area contributed by atoms with Gasteiger partial charge in [-0.15, -0.1) is 0 Å². The molecule has 0 amide bonds. The molecule has 92 valence electrons. The summed E-state index contributed by atoms with van der Waals surface area (Å²) >= 11 is 0. The molecule has 1 rings (SSSR count). The molecule has 0 aromatic heterocycles. The molecular formula is C15H22N2. The van der Waals surface area contributed by atoms with E-state index in [0.717, 1.165) is 19.5 Å². The van der Waals surface area contributed by atoms with Crippen molar-refractivity contribution in [2.24, 2.45) is 0 Å². The van der Waals surface area contributed by atoms with Gasteiger partial charge in [0.1, 0.15) is 0 Å². The van der Waals surface area contributed by atoms with Crippen LogP contribution in [-0.4, -0.2) is 6.54 Å². The van der Waals surface area contributed by atoms with E-state index in [1.54, 1.807) is 0 Å². The van der Waals surface area contributed by atoms with Crippen LogP contribution >= 0.6 is 0 Å². The third kappa shape index (κ3) is 5.01. The van der Waals surface area contributed by atoms with Crippen molar-refractivity contribution in [3.05, 3.63) is 35.4 Å². The SMILES string of the molecule is CCC(C)c1ccc(CNCCCC#N)cc1. The Morgan fingerprint density at radius 1 is 1.29 bits per heavy atom. The van der Waals surface area contributed by atoms with Crippen molar-refractivity contribution < 1.29 is 0 Å². The Bertz CT molecular complexity index is 348. The van der Waals surface area contributed by atoms with Gasteiger partial charge in [0.05, 0.1) is 6.07 Å². The topological polar surface area (TPSA) is 35.8 Å². The fraction of sp³-hybridized carbons (Fsp3) is 0.533. The molecule has 0 radical (unpaired) electrons. The third-order valence-electron chi connectivity index (χ3n) is 3.13.